The molecule has 4 heteroatoms. The van der Waals surface area contributed by atoms with E-state index in [9.17, 15) is 4.79 Å². The lowest BCUT2D eigenvalue weighted by Crippen LogP contribution is -2.41. The zero-order chi connectivity index (χ0) is 15.9. The van der Waals surface area contributed by atoms with Crippen molar-refractivity contribution >= 4 is 5.91 Å². The van der Waals surface area contributed by atoms with Crippen molar-refractivity contribution in [3.8, 4) is 0 Å². The Bertz CT molecular complexity index is 485. The second kappa shape index (κ2) is 8.46. The van der Waals surface area contributed by atoms with Gasteiger partial charge in [0.2, 0.25) is 0 Å². The number of rotatable bonds is 5. The Morgan fingerprint density at radius 2 is 1.96 bits per heavy atom. The summed E-state index contributed by atoms with van der Waals surface area (Å²) in [5.74, 6) is 0.216. The Kier molecular flexibility index (Phi) is 6.06. The van der Waals surface area contributed by atoms with E-state index in [0.29, 0.717) is 0 Å². The van der Waals surface area contributed by atoms with Gasteiger partial charge in [-0.25, -0.2) is 0 Å². The van der Waals surface area contributed by atoms with Crippen molar-refractivity contribution in [2.24, 2.45) is 0 Å². The number of carbonyl (C=O) groups is 1. The number of nitrogens with zero attached hydrogens (tertiary/aromatic N) is 2. The van der Waals surface area contributed by atoms with Crippen LogP contribution >= 0.6 is 0 Å². The molecule has 2 aliphatic rings. The molecule has 0 radical (unpaired) electrons. The summed E-state index contributed by atoms with van der Waals surface area (Å²) in [6.45, 7) is 5.70. The number of amides is 1. The van der Waals surface area contributed by atoms with Crippen molar-refractivity contribution in [3.05, 3.63) is 35.9 Å². The monoisotopic (exact) mass is 316 g/mol. The minimum atomic E-state index is -0.167. The summed E-state index contributed by atoms with van der Waals surface area (Å²) >= 11 is 0. The molecular formula is C19H28N2O2. The minimum Gasteiger partial charge on any atom is -0.368 e. The fourth-order valence-corrected chi connectivity index (χ4v) is 3.54. The highest BCUT2D eigenvalue weighted by atomic mass is 16.5. The van der Waals surface area contributed by atoms with E-state index in [0.717, 1.165) is 65.0 Å². The second-order valence-electron chi connectivity index (χ2n) is 6.61. The van der Waals surface area contributed by atoms with E-state index in [1.54, 1.807) is 0 Å². The summed E-state index contributed by atoms with van der Waals surface area (Å²) in [6, 6.07) is 10.7. The first kappa shape index (κ1) is 16.5. The molecule has 2 aliphatic heterocycles. The Morgan fingerprint density at radius 1 is 1.09 bits per heavy atom. The van der Waals surface area contributed by atoms with Gasteiger partial charge in [-0.2, -0.15) is 0 Å². The Hall–Kier alpha value is -1.39. The molecule has 3 rings (SSSR count). The lowest BCUT2D eigenvalue weighted by atomic mass is 10.1. The Morgan fingerprint density at radius 3 is 2.74 bits per heavy atom. The van der Waals surface area contributed by atoms with Gasteiger partial charge in [0.15, 0.2) is 0 Å². The number of ether oxygens (including phenoxy) is 1. The van der Waals surface area contributed by atoms with E-state index in [1.807, 2.05) is 4.90 Å². The highest BCUT2D eigenvalue weighted by molar-refractivity contribution is 5.81. The van der Waals surface area contributed by atoms with Gasteiger partial charge >= 0.3 is 0 Å². The second-order valence-corrected chi connectivity index (χ2v) is 6.61. The maximum Gasteiger partial charge on any atom is 0.251 e. The van der Waals surface area contributed by atoms with Crippen LogP contribution in [0.2, 0.25) is 0 Å². The minimum absolute atomic E-state index is 0.167. The fourth-order valence-electron chi connectivity index (χ4n) is 3.54. The van der Waals surface area contributed by atoms with Crippen molar-refractivity contribution in [2.45, 2.75) is 38.2 Å². The molecule has 4 nitrogen and oxygen atoms in total. The number of hydrogen-bond acceptors (Lipinski definition) is 3. The summed E-state index contributed by atoms with van der Waals surface area (Å²) in [6.07, 6.45) is 5.15. The molecule has 1 aromatic rings. The molecule has 0 aliphatic carbocycles. The Labute approximate surface area is 139 Å². The van der Waals surface area contributed by atoms with Gasteiger partial charge in [0.25, 0.3) is 5.91 Å². The highest BCUT2D eigenvalue weighted by Gasteiger charge is 2.29. The lowest BCUT2D eigenvalue weighted by molar-refractivity contribution is -0.140. The quantitative estimate of drug-likeness (QED) is 0.836. The number of carbonyl (C=O) groups excluding carboxylic acids is 1. The van der Waals surface area contributed by atoms with Crippen LogP contribution in [0.3, 0.4) is 0 Å². The van der Waals surface area contributed by atoms with Gasteiger partial charge in [0.1, 0.15) is 6.10 Å². The molecule has 1 atom stereocenters. The lowest BCUT2D eigenvalue weighted by Gasteiger charge is -2.24. The standard InChI is InChI=1S/C19H28N2O2/c22-19(18-10-5-16-23-18)21-13-6-12-20(14-15-21)11-4-9-17-7-2-1-3-8-17/h1-3,7-8,18H,4-6,9-16H2/t18-/m0/s1. The molecule has 2 saturated heterocycles. The van der Waals surface area contributed by atoms with Crippen LogP contribution in [0.4, 0.5) is 0 Å². The van der Waals surface area contributed by atoms with Crippen LogP contribution in [-0.4, -0.2) is 61.1 Å². The van der Waals surface area contributed by atoms with Gasteiger partial charge in [0, 0.05) is 26.2 Å². The summed E-state index contributed by atoms with van der Waals surface area (Å²) in [5.41, 5.74) is 1.41. The molecule has 0 bridgehead atoms. The first-order valence-corrected chi connectivity index (χ1v) is 8.99. The molecule has 0 saturated carbocycles. The first-order valence-electron chi connectivity index (χ1n) is 8.99. The van der Waals surface area contributed by atoms with Gasteiger partial charge < -0.3 is 14.5 Å². The van der Waals surface area contributed by atoms with Crippen LogP contribution in [0.15, 0.2) is 30.3 Å². The molecule has 126 valence electrons. The molecule has 0 spiro atoms. The summed E-state index contributed by atoms with van der Waals surface area (Å²) < 4.78 is 5.54. The first-order chi connectivity index (χ1) is 11.3. The summed E-state index contributed by atoms with van der Waals surface area (Å²) in [7, 11) is 0. The summed E-state index contributed by atoms with van der Waals surface area (Å²) in [4.78, 5) is 17.0. The predicted molar refractivity (Wildman–Crippen MR) is 91.4 cm³/mol. The van der Waals surface area contributed by atoms with E-state index in [2.05, 4.69) is 35.2 Å². The normalized spacial score (nSPS) is 23.0. The maximum absolute atomic E-state index is 12.4. The molecule has 0 unspecified atom stereocenters. The van der Waals surface area contributed by atoms with Gasteiger partial charge in [-0.05, 0) is 50.8 Å². The zero-order valence-corrected chi connectivity index (χ0v) is 14.0. The van der Waals surface area contributed by atoms with Crippen molar-refractivity contribution in [2.75, 3.05) is 39.3 Å². The van der Waals surface area contributed by atoms with Gasteiger partial charge in [-0.15, -0.1) is 0 Å². The predicted octanol–water partition coefficient (Wildman–Crippen LogP) is 2.33. The molecule has 1 amide bonds. The molecule has 23 heavy (non-hydrogen) atoms. The smallest absolute Gasteiger partial charge is 0.251 e. The average Bonchev–Trinajstić information content (AvgIpc) is 3.02. The van der Waals surface area contributed by atoms with Crippen molar-refractivity contribution < 1.29 is 9.53 Å². The van der Waals surface area contributed by atoms with E-state index in [1.165, 1.54) is 12.0 Å². The average molecular weight is 316 g/mol. The molecule has 0 aromatic heterocycles. The molecule has 0 N–H and O–H groups in total. The van der Waals surface area contributed by atoms with Crippen LogP contribution in [-0.2, 0) is 16.0 Å². The molecular weight excluding hydrogens is 288 g/mol. The molecule has 2 fully saturated rings. The van der Waals surface area contributed by atoms with Crippen molar-refractivity contribution in [3.63, 3.8) is 0 Å². The molecule has 2 heterocycles. The fraction of sp³-hybridized carbons (Fsp3) is 0.632. The third-order valence-corrected chi connectivity index (χ3v) is 4.89. The summed E-state index contributed by atoms with van der Waals surface area (Å²) in [5, 5.41) is 0. The maximum atomic E-state index is 12.4. The Balaban J connectivity index is 1.40. The third kappa shape index (κ3) is 4.79. The van der Waals surface area contributed by atoms with Gasteiger partial charge in [-0.1, -0.05) is 30.3 Å². The van der Waals surface area contributed by atoms with Crippen LogP contribution in [0.1, 0.15) is 31.2 Å². The van der Waals surface area contributed by atoms with Gasteiger partial charge in [0.05, 0.1) is 0 Å². The van der Waals surface area contributed by atoms with E-state index < -0.39 is 0 Å². The van der Waals surface area contributed by atoms with Crippen molar-refractivity contribution in [1.82, 2.24) is 9.80 Å². The number of hydrogen-bond donors (Lipinski definition) is 0. The number of benzene rings is 1. The largest absolute Gasteiger partial charge is 0.368 e. The third-order valence-electron chi connectivity index (χ3n) is 4.89. The van der Waals surface area contributed by atoms with Crippen LogP contribution < -0.4 is 0 Å². The van der Waals surface area contributed by atoms with Crippen LogP contribution in [0.5, 0.6) is 0 Å². The number of aryl methyl sites for hydroxylation is 1. The molecule has 1 aromatic carbocycles. The highest BCUT2D eigenvalue weighted by Crippen LogP contribution is 2.16. The zero-order valence-electron chi connectivity index (χ0n) is 14.0. The SMILES string of the molecule is O=C([C@@H]1CCCO1)N1CCCN(CCCc2ccccc2)CC1. The van der Waals surface area contributed by atoms with Crippen LogP contribution in [0, 0.1) is 0 Å². The van der Waals surface area contributed by atoms with E-state index >= 15 is 0 Å². The van der Waals surface area contributed by atoms with E-state index in [-0.39, 0.29) is 12.0 Å². The van der Waals surface area contributed by atoms with Crippen molar-refractivity contribution in [1.29, 1.82) is 0 Å². The van der Waals surface area contributed by atoms with Gasteiger partial charge in [-0.3, -0.25) is 4.79 Å². The van der Waals surface area contributed by atoms with Crippen LogP contribution in [0.25, 0.3) is 0 Å². The van der Waals surface area contributed by atoms with E-state index in [4.69, 9.17) is 4.74 Å². The topological polar surface area (TPSA) is 32.8 Å².